The van der Waals surface area contributed by atoms with Gasteiger partial charge in [0.2, 0.25) is 12.8 Å². The lowest BCUT2D eigenvalue weighted by molar-refractivity contribution is -0.119. The molecule has 1 saturated heterocycles. The van der Waals surface area contributed by atoms with E-state index in [2.05, 4.69) is 30.7 Å². The number of allylic oxidation sites excluding steroid dienone is 2. The van der Waals surface area contributed by atoms with Crippen LogP contribution in [0.25, 0.3) is 11.1 Å². The SMILES string of the molecule is C=CCc1cc(-c2cc(CC)cc(CC=C)c2O)cc(CN2CCCC2(NC=O)NC=O)c1O. The van der Waals surface area contributed by atoms with Crippen LogP contribution in [-0.2, 0) is 35.4 Å². The number of rotatable bonds is 12. The minimum Gasteiger partial charge on any atom is -0.507 e. The summed E-state index contributed by atoms with van der Waals surface area (Å²) in [6.07, 6.45) is 7.75. The molecule has 4 N–H and O–H groups in total. The number of amides is 2. The number of aromatic hydroxyl groups is 2. The van der Waals surface area contributed by atoms with Crippen LogP contribution in [-0.4, -0.2) is 40.3 Å². The zero-order valence-electron chi connectivity index (χ0n) is 19.6. The maximum atomic E-state index is 11.3. The first-order valence-corrected chi connectivity index (χ1v) is 11.5. The first-order chi connectivity index (χ1) is 16.4. The average Bonchev–Trinajstić information content (AvgIpc) is 3.20. The van der Waals surface area contributed by atoms with E-state index in [1.165, 1.54) is 0 Å². The van der Waals surface area contributed by atoms with Crippen LogP contribution in [0.2, 0.25) is 0 Å². The Morgan fingerprint density at radius 3 is 2.18 bits per heavy atom. The van der Waals surface area contributed by atoms with Gasteiger partial charge in [0.25, 0.3) is 0 Å². The van der Waals surface area contributed by atoms with Crippen LogP contribution >= 0.6 is 0 Å². The van der Waals surface area contributed by atoms with Crippen molar-refractivity contribution in [2.24, 2.45) is 0 Å². The molecule has 0 atom stereocenters. The topological polar surface area (TPSA) is 102 Å². The highest BCUT2D eigenvalue weighted by Crippen LogP contribution is 2.39. The summed E-state index contributed by atoms with van der Waals surface area (Å²) < 4.78 is 0. The first kappa shape index (κ1) is 25.1. The number of likely N-dealkylation sites (tertiary alicyclic amines) is 1. The smallest absolute Gasteiger partial charge is 0.209 e. The van der Waals surface area contributed by atoms with Crippen molar-refractivity contribution in [1.29, 1.82) is 0 Å². The van der Waals surface area contributed by atoms with Crippen molar-refractivity contribution < 1.29 is 19.8 Å². The van der Waals surface area contributed by atoms with Gasteiger partial charge in [-0.2, -0.15) is 0 Å². The van der Waals surface area contributed by atoms with Crippen LogP contribution in [0, 0.1) is 0 Å². The van der Waals surface area contributed by atoms with Crippen molar-refractivity contribution in [3.63, 3.8) is 0 Å². The normalized spacial score (nSPS) is 15.0. The molecule has 0 unspecified atom stereocenters. The molecule has 180 valence electrons. The molecule has 34 heavy (non-hydrogen) atoms. The molecular weight excluding hydrogens is 430 g/mol. The Morgan fingerprint density at radius 1 is 0.971 bits per heavy atom. The molecule has 0 spiro atoms. The second kappa shape index (κ2) is 11.0. The van der Waals surface area contributed by atoms with Gasteiger partial charge in [-0.25, -0.2) is 0 Å². The molecule has 0 aromatic heterocycles. The van der Waals surface area contributed by atoms with E-state index in [0.29, 0.717) is 61.9 Å². The fourth-order valence-electron chi connectivity index (χ4n) is 4.70. The molecule has 0 saturated carbocycles. The molecule has 1 aliphatic rings. The minimum absolute atomic E-state index is 0.138. The number of carbonyl (C=O) groups excluding carboxylic acids is 2. The number of hydrogen-bond donors (Lipinski definition) is 4. The molecule has 0 aliphatic carbocycles. The Kier molecular flexibility index (Phi) is 8.12. The van der Waals surface area contributed by atoms with Crippen molar-refractivity contribution >= 4 is 12.8 Å². The summed E-state index contributed by atoms with van der Waals surface area (Å²) >= 11 is 0. The van der Waals surface area contributed by atoms with Crippen molar-refractivity contribution in [1.82, 2.24) is 15.5 Å². The van der Waals surface area contributed by atoms with E-state index in [9.17, 15) is 19.8 Å². The van der Waals surface area contributed by atoms with Gasteiger partial charge in [0, 0.05) is 30.6 Å². The Bertz CT molecular complexity index is 1070. The van der Waals surface area contributed by atoms with E-state index in [0.717, 1.165) is 29.5 Å². The molecule has 1 fully saturated rings. The second-order valence-electron chi connectivity index (χ2n) is 8.54. The lowest BCUT2D eigenvalue weighted by atomic mass is 9.92. The summed E-state index contributed by atoms with van der Waals surface area (Å²) in [4.78, 5) is 24.5. The third-order valence-electron chi connectivity index (χ3n) is 6.43. The van der Waals surface area contributed by atoms with E-state index in [1.54, 1.807) is 12.2 Å². The number of phenolic OH excluding ortho intramolecular Hbond substituents is 2. The molecule has 0 bridgehead atoms. The minimum atomic E-state index is -1.01. The van der Waals surface area contributed by atoms with Crippen molar-refractivity contribution in [3.05, 3.63) is 71.8 Å². The monoisotopic (exact) mass is 463 g/mol. The molecule has 7 nitrogen and oxygen atoms in total. The molecule has 2 aromatic carbocycles. The number of nitrogens with zero attached hydrogens (tertiary/aromatic N) is 1. The third-order valence-corrected chi connectivity index (χ3v) is 6.43. The van der Waals surface area contributed by atoms with Crippen LogP contribution in [0.1, 0.15) is 42.0 Å². The summed E-state index contributed by atoms with van der Waals surface area (Å²) in [5.74, 6) is -0.676. The largest absolute Gasteiger partial charge is 0.507 e. The van der Waals surface area contributed by atoms with E-state index in [1.807, 2.05) is 29.2 Å². The number of hydrogen-bond acceptors (Lipinski definition) is 5. The van der Waals surface area contributed by atoms with Crippen LogP contribution in [0.4, 0.5) is 0 Å². The number of aryl methyl sites for hydroxylation is 1. The average molecular weight is 464 g/mol. The summed E-state index contributed by atoms with van der Waals surface area (Å²) in [6.45, 7) is 10.6. The maximum Gasteiger partial charge on any atom is 0.209 e. The van der Waals surface area contributed by atoms with Crippen LogP contribution < -0.4 is 10.6 Å². The summed E-state index contributed by atoms with van der Waals surface area (Å²) in [6, 6.07) is 7.69. The van der Waals surface area contributed by atoms with Gasteiger partial charge >= 0.3 is 0 Å². The van der Waals surface area contributed by atoms with Crippen LogP contribution in [0.3, 0.4) is 0 Å². The fourth-order valence-corrected chi connectivity index (χ4v) is 4.70. The Labute approximate surface area is 200 Å². The van der Waals surface area contributed by atoms with Gasteiger partial charge in [0.05, 0.1) is 0 Å². The molecular formula is C27H33N3O4. The molecule has 2 amide bonds. The van der Waals surface area contributed by atoms with Crippen molar-refractivity contribution in [2.45, 2.75) is 51.4 Å². The third kappa shape index (κ3) is 4.99. The zero-order valence-corrected chi connectivity index (χ0v) is 19.6. The predicted molar refractivity (Wildman–Crippen MR) is 133 cm³/mol. The number of phenols is 2. The van der Waals surface area contributed by atoms with E-state index in [-0.39, 0.29) is 11.5 Å². The Morgan fingerprint density at radius 2 is 1.59 bits per heavy atom. The Hall–Kier alpha value is -3.58. The highest BCUT2D eigenvalue weighted by Gasteiger charge is 2.40. The van der Waals surface area contributed by atoms with Gasteiger partial charge in [0.1, 0.15) is 11.5 Å². The molecule has 3 rings (SSSR count). The zero-order chi connectivity index (χ0) is 24.7. The van der Waals surface area contributed by atoms with Gasteiger partial charge in [-0.05, 0) is 66.1 Å². The van der Waals surface area contributed by atoms with Crippen LogP contribution in [0.15, 0.2) is 49.6 Å². The highest BCUT2D eigenvalue weighted by atomic mass is 16.3. The van der Waals surface area contributed by atoms with Gasteiger partial charge in [-0.3, -0.25) is 14.5 Å². The lowest BCUT2D eigenvalue weighted by Gasteiger charge is -2.37. The van der Waals surface area contributed by atoms with Gasteiger partial charge in [-0.15, -0.1) is 13.2 Å². The molecule has 1 heterocycles. The molecule has 0 radical (unpaired) electrons. The van der Waals surface area contributed by atoms with Crippen LogP contribution in [0.5, 0.6) is 11.5 Å². The van der Waals surface area contributed by atoms with Crippen molar-refractivity contribution in [2.75, 3.05) is 6.54 Å². The van der Waals surface area contributed by atoms with E-state index < -0.39 is 5.79 Å². The number of benzene rings is 2. The predicted octanol–water partition coefficient (Wildman–Crippen LogP) is 3.53. The van der Waals surface area contributed by atoms with Crippen molar-refractivity contribution in [3.8, 4) is 22.6 Å². The first-order valence-electron chi connectivity index (χ1n) is 11.5. The number of carbonyl (C=O) groups is 2. The molecule has 1 aliphatic heterocycles. The summed E-state index contributed by atoms with van der Waals surface area (Å²) in [7, 11) is 0. The standard InChI is InChI=1S/C27H33N3O4/c1-4-8-20-12-19(6-3)13-24(26(20)34)22-14-21(9-5-2)25(33)23(15-22)16-30-11-7-10-27(30,28-17-31)29-18-32/h4-5,12-15,17-18,33-34H,1-2,6-11,16H2,3H3,(H,28,31)(H,29,32). The van der Waals surface area contributed by atoms with Gasteiger partial charge in [0.15, 0.2) is 5.79 Å². The summed E-state index contributed by atoms with van der Waals surface area (Å²) in [5.41, 5.74) is 4.67. The van der Waals surface area contributed by atoms with E-state index >= 15 is 0 Å². The number of nitrogens with one attached hydrogen (secondary N) is 2. The highest BCUT2D eigenvalue weighted by molar-refractivity contribution is 5.75. The van der Waals surface area contributed by atoms with Gasteiger partial charge < -0.3 is 20.8 Å². The molecule has 7 heteroatoms. The summed E-state index contributed by atoms with van der Waals surface area (Å²) in [5, 5.41) is 27.6. The Balaban J connectivity index is 2.13. The lowest BCUT2D eigenvalue weighted by Crippen LogP contribution is -2.63. The second-order valence-corrected chi connectivity index (χ2v) is 8.54. The fraction of sp³-hybridized carbons (Fsp3) is 0.333. The van der Waals surface area contributed by atoms with E-state index in [4.69, 9.17) is 0 Å². The molecule has 2 aromatic rings. The quantitative estimate of drug-likeness (QED) is 0.219. The maximum absolute atomic E-state index is 11.3. The van der Waals surface area contributed by atoms with Gasteiger partial charge in [-0.1, -0.05) is 25.1 Å².